The van der Waals surface area contributed by atoms with Crippen LogP contribution in [-0.2, 0) is 0 Å². The van der Waals surface area contributed by atoms with E-state index in [-0.39, 0.29) is 24.0 Å². The molecular weight excluding hydrogens is 401 g/mol. The van der Waals surface area contributed by atoms with Gasteiger partial charge in [0.15, 0.2) is 5.96 Å². The molecule has 2 heterocycles. The lowest BCUT2D eigenvalue weighted by Gasteiger charge is -2.35. The van der Waals surface area contributed by atoms with Crippen molar-refractivity contribution in [2.75, 3.05) is 58.9 Å². The van der Waals surface area contributed by atoms with E-state index in [9.17, 15) is 0 Å². The Bertz CT molecular complexity index is 347. The van der Waals surface area contributed by atoms with Crippen LogP contribution in [0.5, 0.6) is 0 Å². The molecule has 23 heavy (non-hydrogen) atoms. The normalized spacial score (nSPS) is 23.6. The summed E-state index contributed by atoms with van der Waals surface area (Å²) in [7, 11) is 0. The van der Waals surface area contributed by atoms with E-state index in [1.165, 1.54) is 45.6 Å². The maximum atomic E-state index is 6.17. The van der Waals surface area contributed by atoms with Gasteiger partial charge in [-0.3, -0.25) is 4.99 Å². The highest BCUT2D eigenvalue weighted by molar-refractivity contribution is 14.0. The van der Waals surface area contributed by atoms with E-state index in [4.69, 9.17) is 5.73 Å². The maximum absolute atomic E-state index is 6.17. The van der Waals surface area contributed by atoms with Crippen molar-refractivity contribution >= 4 is 29.9 Å². The first-order valence-corrected chi connectivity index (χ1v) is 9.08. The molecule has 0 spiro atoms. The quantitative estimate of drug-likeness (QED) is 0.406. The molecule has 2 aliphatic heterocycles. The number of guanidine groups is 1. The summed E-state index contributed by atoms with van der Waals surface area (Å²) >= 11 is 0. The minimum atomic E-state index is 0. The number of likely N-dealkylation sites (tertiary alicyclic amines) is 1. The van der Waals surface area contributed by atoms with Gasteiger partial charge in [-0.05, 0) is 31.2 Å². The minimum absolute atomic E-state index is 0. The summed E-state index contributed by atoms with van der Waals surface area (Å²) < 4.78 is 0. The average molecular weight is 437 g/mol. The van der Waals surface area contributed by atoms with Crippen molar-refractivity contribution in [2.45, 2.75) is 33.6 Å². The predicted molar refractivity (Wildman–Crippen MR) is 110 cm³/mol. The van der Waals surface area contributed by atoms with Crippen LogP contribution in [-0.4, -0.2) is 79.6 Å². The number of hydrogen-bond donors (Lipinski definition) is 1. The molecule has 0 aromatic rings. The van der Waals surface area contributed by atoms with Crippen LogP contribution in [0.2, 0.25) is 0 Å². The monoisotopic (exact) mass is 437 g/mol. The molecule has 2 saturated heterocycles. The fourth-order valence-electron chi connectivity index (χ4n) is 3.37. The Labute approximate surface area is 159 Å². The van der Waals surface area contributed by atoms with Crippen LogP contribution >= 0.6 is 24.0 Å². The molecule has 2 N–H and O–H groups in total. The minimum Gasteiger partial charge on any atom is -0.370 e. The Morgan fingerprint density at radius 3 is 2.22 bits per heavy atom. The summed E-state index contributed by atoms with van der Waals surface area (Å²) in [6.45, 7) is 17.0. The van der Waals surface area contributed by atoms with Gasteiger partial charge >= 0.3 is 0 Å². The van der Waals surface area contributed by atoms with Gasteiger partial charge in [0.2, 0.25) is 0 Å². The van der Waals surface area contributed by atoms with Crippen molar-refractivity contribution in [3.8, 4) is 0 Å². The molecule has 0 radical (unpaired) electrons. The van der Waals surface area contributed by atoms with E-state index in [2.05, 4.69) is 40.5 Å². The zero-order valence-electron chi connectivity index (χ0n) is 15.2. The van der Waals surface area contributed by atoms with E-state index < -0.39 is 0 Å². The zero-order valence-corrected chi connectivity index (χ0v) is 17.5. The molecule has 136 valence electrons. The molecule has 6 heteroatoms. The highest BCUT2D eigenvalue weighted by atomic mass is 127. The first-order valence-electron chi connectivity index (χ1n) is 9.08. The van der Waals surface area contributed by atoms with E-state index >= 15 is 0 Å². The molecular formula is C17H36IN5. The molecule has 2 rings (SSSR count). The van der Waals surface area contributed by atoms with Gasteiger partial charge in [-0.15, -0.1) is 24.0 Å². The molecule has 2 aliphatic rings. The van der Waals surface area contributed by atoms with E-state index in [0.29, 0.717) is 5.92 Å². The number of halogens is 1. The highest BCUT2D eigenvalue weighted by Gasteiger charge is 2.19. The first kappa shape index (κ1) is 21.0. The second kappa shape index (κ2) is 10.7. The maximum Gasteiger partial charge on any atom is 0.191 e. The van der Waals surface area contributed by atoms with Crippen molar-refractivity contribution in [1.82, 2.24) is 14.7 Å². The Balaban J connectivity index is 0.00000264. The van der Waals surface area contributed by atoms with Crippen molar-refractivity contribution < 1.29 is 0 Å². The van der Waals surface area contributed by atoms with Gasteiger partial charge in [0.1, 0.15) is 0 Å². The number of rotatable bonds is 5. The van der Waals surface area contributed by atoms with Crippen LogP contribution in [0, 0.1) is 11.8 Å². The van der Waals surface area contributed by atoms with Gasteiger partial charge in [-0.25, -0.2) is 0 Å². The Hall–Kier alpha value is -0.0800. The second-order valence-electron chi connectivity index (χ2n) is 7.21. The number of piperidine rings is 1. The van der Waals surface area contributed by atoms with Gasteiger partial charge in [0.05, 0.1) is 0 Å². The summed E-state index contributed by atoms with van der Waals surface area (Å²) in [6.07, 6.45) is 2.49. The van der Waals surface area contributed by atoms with Crippen LogP contribution in [0.25, 0.3) is 0 Å². The largest absolute Gasteiger partial charge is 0.370 e. The number of aliphatic imine (C=N–C) groups is 1. The summed E-state index contributed by atoms with van der Waals surface area (Å²) in [5, 5.41) is 0. The van der Waals surface area contributed by atoms with E-state index in [1.54, 1.807) is 0 Å². The Morgan fingerprint density at radius 2 is 1.65 bits per heavy atom. The second-order valence-corrected chi connectivity index (χ2v) is 7.21. The first-order chi connectivity index (χ1) is 10.6. The number of hydrogen-bond acceptors (Lipinski definition) is 3. The van der Waals surface area contributed by atoms with Gasteiger partial charge in [0, 0.05) is 52.4 Å². The molecule has 0 aliphatic carbocycles. The standard InChI is InChI=1S/C17H35N5.HI/c1-4-20-9-11-21(12-10-20)14-16(3)13-19-17(18)22-7-5-15(2)6-8-22;/h15-16H,4-14H2,1-3H3,(H2,18,19);1H. The molecule has 0 bridgehead atoms. The smallest absolute Gasteiger partial charge is 0.191 e. The Kier molecular flexibility index (Phi) is 9.77. The molecule has 0 aromatic heterocycles. The molecule has 0 aromatic carbocycles. The number of nitrogens with two attached hydrogens (primary N) is 1. The number of piperazine rings is 1. The van der Waals surface area contributed by atoms with Crippen LogP contribution in [0.1, 0.15) is 33.6 Å². The lowest BCUT2D eigenvalue weighted by molar-refractivity contribution is 0.125. The summed E-state index contributed by atoms with van der Waals surface area (Å²) in [4.78, 5) is 12.0. The highest BCUT2D eigenvalue weighted by Crippen LogP contribution is 2.15. The van der Waals surface area contributed by atoms with Crippen molar-refractivity contribution in [1.29, 1.82) is 0 Å². The average Bonchev–Trinajstić information content (AvgIpc) is 2.54. The topological polar surface area (TPSA) is 48.1 Å². The number of nitrogens with zero attached hydrogens (tertiary/aromatic N) is 4. The fourth-order valence-corrected chi connectivity index (χ4v) is 3.37. The molecule has 0 saturated carbocycles. The molecule has 2 fully saturated rings. The van der Waals surface area contributed by atoms with E-state index in [1.807, 2.05) is 0 Å². The molecule has 5 nitrogen and oxygen atoms in total. The third-order valence-electron chi connectivity index (χ3n) is 5.15. The third-order valence-corrected chi connectivity index (χ3v) is 5.15. The summed E-state index contributed by atoms with van der Waals surface area (Å²) in [5.74, 6) is 2.18. The van der Waals surface area contributed by atoms with Crippen LogP contribution in [0.15, 0.2) is 4.99 Å². The summed E-state index contributed by atoms with van der Waals surface area (Å²) in [5.41, 5.74) is 6.17. The summed E-state index contributed by atoms with van der Waals surface area (Å²) in [6, 6.07) is 0. The molecule has 0 amide bonds. The third kappa shape index (κ3) is 7.13. The van der Waals surface area contributed by atoms with Crippen LogP contribution < -0.4 is 5.73 Å². The van der Waals surface area contributed by atoms with Crippen LogP contribution in [0.4, 0.5) is 0 Å². The van der Waals surface area contributed by atoms with Gasteiger partial charge < -0.3 is 20.4 Å². The van der Waals surface area contributed by atoms with Crippen molar-refractivity contribution in [3.05, 3.63) is 0 Å². The van der Waals surface area contributed by atoms with E-state index in [0.717, 1.165) is 38.1 Å². The molecule has 1 atom stereocenters. The lowest BCUT2D eigenvalue weighted by Crippen LogP contribution is -2.47. The molecule has 1 unspecified atom stereocenters. The van der Waals surface area contributed by atoms with Gasteiger partial charge in [-0.2, -0.15) is 0 Å². The Morgan fingerprint density at radius 1 is 1.09 bits per heavy atom. The predicted octanol–water partition coefficient (Wildman–Crippen LogP) is 1.92. The van der Waals surface area contributed by atoms with Crippen LogP contribution in [0.3, 0.4) is 0 Å². The SMILES string of the molecule is CCN1CCN(CC(C)CN=C(N)N2CCC(C)CC2)CC1.I. The lowest BCUT2D eigenvalue weighted by atomic mass is 10.00. The zero-order chi connectivity index (χ0) is 15.9. The fraction of sp³-hybridized carbons (Fsp3) is 0.941. The van der Waals surface area contributed by atoms with Gasteiger partial charge in [-0.1, -0.05) is 20.8 Å². The van der Waals surface area contributed by atoms with Gasteiger partial charge in [0.25, 0.3) is 0 Å². The van der Waals surface area contributed by atoms with Crippen molar-refractivity contribution in [3.63, 3.8) is 0 Å². The number of likely N-dealkylation sites (N-methyl/N-ethyl adjacent to an activating group) is 1. The van der Waals surface area contributed by atoms with Crippen molar-refractivity contribution in [2.24, 2.45) is 22.6 Å².